The third kappa shape index (κ3) is 4.81. The summed E-state index contributed by atoms with van der Waals surface area (Å²) in [6.45, 7) is 1.64. The van der Waals surface area contributed by atoms with Gasteiger partial charge in [0.15, 0.2) is 11.8 Å². The van der Waals surface area contributed by atoms with Crippen LogP contribution in [0.4, 0.5) is 5.82 Å². The largest absolute Gasteiger partial charge is 0.370 e. The molecule has 0 fully saturated rings. The first-order valence-corrected chi connectivity index (χ1v) is 9.45. The number of guanidine groups is 1. The molecule has 2 rings (SSSR count). The monoisotopic (exact) mass is 398 g/mol. The summed E-state index contributed by atoms with van der Waals surface area (Å²) in [5, 5.41) is 1.28. The number of pyridine rings is 1. The van der Waals surface area contributed by atoms with E-state index in [1.165, 1.54) is 18.3 Å². The number of rotatable bonds is 7. The van der Waals surface area contributed by atoms with Crippen molar-refractivity contribution in [3.63, 3.8) is 0 Å². The summed E-state index contributed by atoms with van der Waals surface area (Å²) >= 11 is 6.11. The molecule has 1 aromatic carbocycles. The molecule has 7 N–H and O–H groups in total. The number of benzene rings is 1. The van der Waals surface area contributed by atoms with E-state index in [9.17, 15) is 13.2 Å². The fraction of sp³-hybridized carbons (Fsp3) is 0.267. The Morgan fingerprint density at radius 1 is 1.31 bits per heavy atom. The van der Waals surface area contributed by atoms with E-state index in [0.29, 0.717) is 15.8 Å². The van der Waals surface area contributed by atoms with Crippen molar-refractivity contribution in [2.45, 2.75) is 30.7 Å². The lowest BCUT2D eigenvalue weighted by Crippen LogP contribution is -2.33. The molecule has 0 saturated carbocycles. The van der Waals surface area contributed by atoms with Crippen molar-refractivity contribution >= 4 is 50.1 Å². The van der Waals surface area contributed by atoms with Gasteiger partial charge in [-0.2, -0.15) is 4.99 Å². The molecule has 0 aliphatic carbocycles. The maximum Gasteiger partial charge on any atom is 0.240 e. The van der Waals surface area contributed by atoms with Crippen LogP contribution in [0.1, 0.15) is 19.8 Å². The number of aliphatic imine (C=N–C) groups is 1. The number of sulfonamides is 1. The van der Waals surface area contributed by atoms with Gasteiger partial charge in [-0.15, -0.1) is 0 Å². The molecular weight excluding hydrogens is 380 g/mol. The third-order valence-electron chi connectivity index (χ3n) is 3.51. The molecule has 1 atom stereocenters. The lowest BCUT2D eigenvalue weighted by atomic mass is 10.1. The molecule has 140 valence electrons. The van der Waals surface area contributed by atoms with Crippen LogP contribution in [0.2, 0.25) is 5.02 Å². The van der Waals surface area contributed by atoms with E-state index in [4.69, 9.17) is 28.8 Å². The first kappa shape index (κ1) is 19.9. The van der Waals surface area contributed by atoms with Crippen LogP contribution in [-0.2, 0) is 14.8 Å². The zero-order valence-corrected chi connectivity index (χ0v) is 15.5. The van der Waals surface area contributed by atoms with Crippen LogP contribution in [0, 0.1) is 0 Å². The van der Waals surface area contributed by atoms with Crippen molar-refractivity contribution in [1.29, 1.82) is 0 Å². The topological polar surface area (TPSA) is 167 Å². The standard InChI is InChI=1S/C15H19ClN6O3S/c1-8(2-5-13(17)23)22-26(24,25)9-3-4-10-11(6-9)14(21-15(18)19)20-7-12(10)16/h3-4,6-8,22H,2,5H2,1H3,(H2,17,23)(H4,18,19,20,21)/t8-/m1/s1. The fourth-order valence-electron chi connectivity index (χ4n) is 2.30. The Balaban J connectivity index is 2.43. The molecule has 1 aromatic heterocycles. The average Bonchev–Trinajstić information content (AvgIpc) is 2.54. The van der Waals surface area contributed by atoms with Gasteiger partial charge in [-0.1, -0.05) is 17.7 Å². The minimum Gasteiger partial charge on any atom is -0.370 e. The summed E-state index contributed by atoms with van der Waals surface area (Å²) in [7, 11) is -3.84. The van der Waals surface area contributed by atoms with Crippen molar-refractivity contribution in [3.8, 4) is 0 Å². The number of nitrogens with zero attached hydrogens (tertiary/aromatic N) is 2. The third-order valence-corrected chi connectivity index (χ3v) is 5.40. The van der Waals surface area contributed by atoms with Gasteiger partial charge < -0.3 is 17.2 Å². The first-order valence-electron chi connectivity index (χ1n) is 7.58. The highest BCUT2D eigenvalue weighted by Crippen LogP contribution is 2.31. The van der Waals surface area contributed by atoms with E-state index in [1.807, 2.05) is 0 Å². The molecule has 9 nitrogen and oxygen atoms in total. The second-order valence-electron chi connectivity index (χ2n) is 5.70. The minimum absolute atomic E-state index is 0.00738. The predicted octanol–water partition coefficient (Wildman–Crippen LogP) is 0.725. The van der Waals surface area contributed by atoms with Crippen molar-refractivity contribution in [2.24, 2.45) is 22.2 Å². The SMILES string of the molecule is C[C@H](CCC(N)=O)NS(=O)(=O)c1ccc2c(Cl)cnc(N=C(N)N)c2c1. The van der Waals surface area contributed by atoms with Crippen molar-refractivity contribution in [2.75, 3.05) is 0 Å². The number of nitrogens with one attached hydrogen (secondary N) is 1. The molecule has 26 heavy (non-hydrogen) atoms. The van der Waals surface area contributed by atoms with Crippen LogP contribution in [-0.4, -0.2) is 31.3 Å². The predicted molar refractivity (Wildman–Crippen MR) is 100 cm³/mol. The highest BCUT2D eigenvalue weighted by Gasteiger charge is 2.19. The molecule has 0 radical (unpaired) electrons. The number of amides is 1. The summed E-state index contributed by atoms with van der Waals surface area (Å²) < 4.78 is 27.7. The Bertz CT molecular complexity index is 973. The van der Waals surface area contributed by atoms with Crippen LogP contribution < -0.4 is 21.9 Å². The van der Waals surface area contributed by atoms with E-state index >= 15 is 0 Å². The van der Waals surface area contributed by atoms with Gasteiger partial charge in [0.25, 0.3) is 0 Å². The lowest BCUT2D eigenvalue weighted by Gasteiger charge is -2.14. The molecule has 1 amide bonds. The molecule has 0 saturated heterocycles. The number of halogens is 1. The molecule has 0 aliphatic rings. The second kappa shape index (κ2) is 7.85. The zero-order valence-electron chi connectivity index (χ0n) is 13.9. The molecule has 1 heterocycles. The number of aromatic nitrogens is 1. The second-order valence-corrected chi connectivity index (χ2v) is 7.82. The molecule has 0 bridgehead atoms. The van der Waals surface area contributed by atoms with Gasteiger partial charge in [0.2, 0.25) is 15.9 Å². The van der Waals surface area contributed by atoms with E-state index in [0.717, 1.165) is 0 Å². The minimum atomic E-state index is -3.84. The summed E-state index contributed by atoms with van der Waals surface area (Å²) in [5.74, 6) is -0.555. The van der Waals surface area contributed by atoms with E-state index in [2.05, 4.69) is 14.7 Å². The number of hydrogen-bond acceptors (Lipinski definition) is 5. The maximum absolute atomic E-state index is 12.6. The van der Waals surface area contributed by atoms with Crippen LogP contribution in [0.5, 0.6) is 0 Å². The highest BCUT2D eigenvalue weighted by atomic mass is 35.5. The number of carbonyl (C=O) groups is 1. The van der Waals surface area contributed by atoms with Crippen LogP contribution in [0.3, 0.4) is 0 Å². The molecule has 0 aliphatic heterocycles. The summed E-state index contributed by atoms with van der Waals surface area (Å²) in [4.78, 5) is 18.8. The van der Waals surface area contributed by atoms with Crippen molar-refractivity contribution in [3.05, 3.63) is 29.4 Å². The Labute approximate surface area is 155 Å². The molecular formula is C15H19ClN6O3S. The summed E-state index contributed by atoms with van der Waals surface area (Å²) in [6, 6.07) is 3.88. The summed E-state index contributed by atoms with van der Waals surface area (Å²) in [5.41, 5.74) is 15.9. The van der Waals surface area contributed by atoms with Gasteiger partial charge in [-0.05, 0) is 25.5 Å². The Hall–Kier alpha value is -2.43. The Morgan fingerprint density at radius 3 is 2.62 bits per heavy atom. The summed E-state index contributed by atoms with van der Waals surface area (Å²) in [6.07, 6.45) is 1.74. The van der Waals surface area contributed by atoms with Crippen LogP contribution in [0.25, 0.3) is 10.8 Å². The van der Waals surface area contributed by atoms with Crippen LogP contribution >= 0.6 is 11.6 Å². The molecule has 2 aromatic rings. The molecule has 11 heteroatoms. The van der Waals surface area contributed by atoms with Gasteiger partial charge in [0.05, 0.1) is 9.92 Å². The van der Waals surface area contributed by atoms with Crippen molar-refractivity contribution < 1.29 is 13.2 Å². The van der Waals surface area contributed by atoms with Gasteiger partial charge in [0.1, 0.15) is 0 Å². The first-order chi connectivity index (χ1) is 12.1. The van der Waals surface area contributed by atoms with Gasteiger partial charge in [0, 0.05) is 29.4 Å². The molecule has 0 spiro atoms. The van der Waals surface area contributed by atoms with Crippen molar-refractivity contribution in [1.82, 2.24) is 9.71 Å². The highest BCUT2D eigenvalue weighted by molar-refractivity contribution is 7.89. The number of hydrogen-bond donors (Lipinski definition) is 4. The average molecular weight is 399 g/mol. The fourth-order valence-corrected chi connectivity index (χ4v) is 3.82. The number of nitrogens with two attached hydrogens (primary N) is 3. The van der Waals surface area contributed by atoms with E-state index in [-0.39, 0.29) is 29.5 Å². The van der Waals surface area contributed by atoms with Gasteiger partial charge in [-0.25, -0.2) is 18.1 Å². The molecule has 0 unspecified atom stereocenters. The smallest absolute Gasteiger partial charge is 0.240 e. The quantitative estimate of drug-likeness (QED) is 0.396. The van der Waals surface area contributed by atoms with Crippen LogP contribution in [0.15, 0.2) is 34.3 Å². The Morgan fingerprint density at radius 2 is 2.00 bits per heavy atom. The van der Waals surface area contributed by atoms with E-state index < -0.39 is 22.0 Å². The van der Waals surface area contributed by atoms with Gasteiger partial charge >= 0.3 is 0 Å². The van der Waals surface area contributed by atoms with Gasteiger partial charge in [-0.3, -0.25) is 4.79 Å². The van der Waals surface area contributed by atoms with E-state index in [1.54, 1.807) is 13.0 Å². The number of carbonyl (C=O) groups excluding carboxylic acids is 1. The zero-order chi connectivity index (χ0) is 19.5. The normalized spacial score (nSPS) is 12.7. The number of fused-ring (bicyclic) bond motifs is 1. The Kier molecular flexibility index (Phi) is 6.01. The number of primary amides is 1. The lowest BCUT2D eigenvalue weighted by molar-refractivity contribution is -0.118. The maximum atomic E-state index is 12.6.